The Morgan fingerprint density at radius 1 is 1.31 bits per heavy atom. The molecule has 0 fully saturated rings. The van der Waals surface area contributed by atoms with Crippen molar-refractivity contribution < 1.29 is 4.79 Å². The topological polar surface area (TPSA) is 88.5 Å². The SMILES string of the molecule is CCc1c(C(=O)Nc2cc(-c3cccs3)[nH]n2)cnn1-c1ccccn1. The monoisotopic (exact) mass is 364 g/mol. The molecule has 4 rings (SSSR count). The Kier molecular flexibility index (Phi) is 4.32. The second-order valence-electron chi connectivity index (χ2n) is 5.56. The molecule has 0 saturated heterocycles. The van der Waals surface area contributed by atoms with Crippen LogP contribution in [0.15, 0.2) is 54.2 Å². The summed E-state index contributed by atoms with van der Waals surface area (Å²) >= 11 is 1.61. The first-order valence-corrected chi connectivity index (χ1v) is 9.03. The van der Waals surface area contributed by atoms with Gasteiger partial charge in [0.1, 0.15) is 0 Å². The van der Waals surface area contributed by atoms with Gasteiger partial charge in [0, 0.05) is 12.3 Å². The normalized spacial score (nSPS) is 10.8. The van der Waals surface area contributed by atoms with E-state index >= 15 is 0 Å². The van der Waals surface area contributed by atoms with Gasteiger partial charge in [0.15, 0.2) is 11.6 Å². The third kappa shape index (κ3) is 3.02. The number of H-pyrrole nitrogens is 1. The van der Waals surface area contributed by atoms with Gasteiger partial charge >= 0.3 is 0 Å². The van der Waals surface area contributed by atoms with E-state index in [-0.39, 0.29) is 5.91 Å². The van der Waals surface area contributed by atoms with Crippen LogP contribution < -0.4 is 5.32 Å². The van der Waals surface area contributed by atoms with Crippen LogP contribution in [0.3, 0.4) is 0 Å². The van der Waals surface area contributed by atoms with Gasteiger partial charge in [-0.1, -0.05) is 19.1 Å². The molecule has 0 aliphatic carbocycles. The molecule has 8 heteroatoms. The summed E-state index contributed by atoms with van der Waals surface area (Å²) in [6.45, 7) is 1.98. The highest BCUT2D eigenvalue weighted by Crippen LogP contribution is 2.24. The Bertz CT molecular complexity index is 1020. The van der Waals surface area contributed by atoms with Gasteiger partial charge in [-0.3, -0.25) is 9.89 Å². The molecule has 4 aromatic rings. The molecular formula is C18H16N6OS. The molecule has 0 saturated carbocycles. The van der Waals surface area contributed by atoms with Crippen LogP contribution in [0.1, 0.15) is 23.0 Å². The van der Waals surface area contributed by atoms with Crippen LogP contribution in [0.5, 0.6) is 0 Å². The van der Waals surface area contributed by atoms with Crippen LogP contribution >= 0.6 is 11.3 Å². The summed E-state index contributed by atoms with van der Waals surface area (Å²) < 4.78 is 1.69. The molecule has 0 unspecified atom stereocenters. The Labute approximate surface area is 153 Å². The maximum atomic E-state index is 12.7. The lowest BCUT2D eigenvalue weighted by Gasteiger charge is -2.06. The molecule has 0 bridgehead atoms. The van der Waals surface area contributed by atoms with Crippen molar-refractivity contribution in [3.05, 3.63) is 65.4 Å². The number of carbonyl (C=O) groups excluding carboxylic acids is 1. The number of carbonyl (C=O) groups is 1. The van der Waals surface area contributed by atoms with Crippen LogP contribution in [-0.2, 0) is 6.42 Å². The van der Waals surface area contributed by atoms with E-state index in [4.69, 9.17) is 0 Å². The van der Waals surface area contributed by atoms with Gasteiger partial charge in [-0.05, 0) is 30.0 Å². The number of aromatic nitrogens is 5. The maximum absolute atomic E-state index is 12.7. The smallest absolute Gasteiger partial charge is 0.260 e. The summed E-state index contributed by atoms with van der Waals surface area (Å²) in [6.07, 6.45) is 3.92. The summed E-state index contributed by atoms with van der Waals surface area (Å²) in [5.41, 5.74) is 2.18. The van der Waals surface area contributed by atoms with Gasteiger partial charge in [0.05, 0.1) is 28.0 Å². The molecule has 4 heterocycles. The van der Waals surface area contributed by atoms with E-state index in [1.54, 1.807) is 28.4 Å². The van der Waals surface area contributed by atoms with Crippen LogP contribution in [-0.4, -0.2) is 30.9 Å². The molecule has 26 heavy (non-hydrogen) atoms. The molecule has 7 nitrogen and oxygen atoms in total. The lowest BCUT2D eigenvalue weighted by molar-refractivity contribution is 0.102. The molecule has 0 aromatic carbocycles. The minimum atomic E-state index is -0.242. The fourth-order valence-electron chi connectivity index (χ4n) is 2.71. The van der Waals surface area contributed by atoms with Gasteiger partial charge in [-0.25, -0.2) is 9.67 Å². The van der Waals surface area contributed by atoms with Gasteiger partial charge in [-0.2, -0.15) is 10.2 Å². The third-order valence-corrected chi connectivity index (χ3v) is 4.82. The van der Waals surface area contributed by atoms with E-state index in [2.05, 4.69) is 25.6 Å². The number of hydrogen-bond donors (Lipinski definition) is 2. The van der Waals surface area contributed by atoms with Crippen molar-refractivity contribution in [2.75, 3.05) is 5.32 Å². The highest BCUT2D eigenvalue weighted by Gasteiger charge is 2.18. The van der Waals surface area contributed by atoms with Crippen LogP contribution in [0, 0.1) is 0 Å². The molecule has 2 N–H and O–H groups in total. The minimum absolute atomic E-state index is 0.242. The average molecular weight is 364 g/mol. The fourth-order valence-corrected chi connectivity index (χ4v) is 3.40. The standard InChI is InChI=1S/C18H16N6OS/c1-2-14-12(11-20-24(14)17-7-3-4-8-19-17)18(25)21-16-10-13(22-23-16)15-6-5-9-26-15/h3-11H,2H2,1H3,(H2,21,22,23,25). The largest absolute Gasteiger partial charge is 0.305 e. The molecular weight excluding hydrogens is 348 g/mol. The zero-order valence-electron chi connectivity index (χ0n) is 14.0. The van der Waals surface area contributed by atoms with E-state index < -0.39 is 0 Å². The number of anilines is 1. The summed E-state index contributed by atoms with van der Waals surface area (Å²) in [7, 11) is 0. The van der Waals surface area contributed by atoms with Crippen molar-refractivity contribution in [2.24, 2.45) is 0 Å². The fraction of sp³-hybridized carbons (Fsp3) is 0.111. The van der Waals surface area contributed by atoms with Crippen molar-refractivity contribution >= 4 is 23.1 Å². The summed E-state index contributed by atoms with van der Waals surface area (Å²) in [4.78, 5) is 18.1. The second kappa shape index (κ2) is 6.93. The molecule has 0 atom stereocenters. The van der Waals surface area contributed by atoms with Crippen molar-refractivity contribution in [1.82, 2.24) is 25.0 Å². The van der Waals surface area contributed by atoms with Crippen LogP contribution in [0.2, 0.25) is 0 Å². The Hall–Kier alpha value is -3.26. The summed E-state index contributed by atoms with van der Waals surface area (Å²) in [6, 6.07) is 11.4. The Morgan fingerprint density at radius 3 is 2.96 bits per heavy atom. The quantitative estimate of drug-likeness (QED) is 0.567. The number of nitrogens with one attached hydrogen (secondary N) is 2. The van der Waals surface area contributed by atoms with Crippen molar-refractivity contribution in [3.63, 3.8) is 0 Å². The van der Waals surface area contributed by atoms with Crippen molar-refractivity contribution in [3.8, 4) is 16.4 Å². The predicted molar refractivity (Wildman–Crippen MR) is 101 cm³/mol. The highest BCUT2D eigenvalue weighted by atomic mass is 32.1. The van der Waals surface area contributed by atoms with E-state index in [0.717, 1.165) is 16.3 Å². The van der Waals surface area contributed by atoms with Crippen LogP contribution in [0.25, 0.3) is 16.4 Å². The third-order valence-electron chi connectivity index (χ3n) is 3.92. The number of amides is 1. The second-order valence-corrected chi connectivity index (χ2v) is 6.50. The van der Waals surface area contributed by atoms with Gasteiger partial charge in [-0.15, -0.1) is 11.3 Å². The Balaban J connectivity index is 1.58. The number of aromatic amines is 1. The first-order chi connectivity index (χ1) is 12.8. The number of thiophene rings is 1. The van der Waals surface area contributed by atoms with Crippen molar-refractivity contribution in [1.29, 1.82) is 0 Å². The first-order valence-electron chi connectivity index (χ1n) is 8.15. The van der Waals surface area contributed by atoms with E-state index in [1.807, 2.05) is 48.7 Å². The summed E-state index contributed by atoms with van der Waals surface area (Å²) in [5, 5.41) is 16.3. The number of nitrogens with zero attached hydrogens (tertiary/aromatic N) is 4. The van der Waals surface area contributed by atoms with E-state index in [1.165, 1.54) is 0 Å². The molecule has 0 aliphatic heterocycles. The molecule has 0 spiro atoms. The minimum Gasteiger partial charge on any atom is -0.305 e. The number of hydrogen-bond acceptors (Lipinski definition) is 5. The predicted octanol–water partition coefficient (Wildman–Crippen LogP) is 3.53. The molecule has 0 aliphatic rings. The van der Waals surface area contributed by atoms with Crippen LogP contribution in [0.4, 0.5) is 5.82 Å². The lowest BCUT2D eigenvalue weighted by atomic mass is 10.2. The highest BCUT2D eigenvalue weighted by molar-refractivity contribution is 7.13. The molecule has 4 aromatic heterocycles. The lowest BCUT2D eigenvalue weighted by Crippen LogP contribution is -2.14. The zero-order chi connectivity index (χ0) is 17.9. The van der Waals surface area contributed by atoms with E-state index in [0.29, 0.717) is 23.6 Å². The van der Waals surface area contributed by atoms with Gasteiger partial charge < -0.3 is 5.32 Å². The van der Waals surface area contributed by atoms with Gasteiger partial charge in [0.2, 0.25) is 0 Å². The Morgan fingerprint density at radius 2 is 2.23 bits per heavy atom. The van der Waals surface area contributed by atoms with E-state index in [9.17, 15) is 4.79 Å². The average Bonchev–Trinajstić information content (AvgIpc) is 3.41. The van der Waals surface area contributed by atoms with Crippen molar-refractivity contribution in [2.45, 2.75) is 13.3 Å². The molecule has 0 radical (unpaired) electrons. The zero-order valence-corrected chi connectivity index (χ0v) is 14.8. The molecule has 1 amide bonds. The maximum Gasteiger partial charge on any atom is 0.260 e. The van der Waals surface area contributed by atoms with Gasteiger partial charge in [0.25, 0.3) is 5.91 Å². The summed E-state index contributed by atoms with van der Waals surface area (Å²) in [5.74, 6) is 0.919. The first kappa shape index (κ1) is 16.2. The number of pyridine rings is 1. The molecule has 130 valence electrons. The number of rotatable bonds is 5.